The van der Waals surface area contributed by atoms with Gasteiger partial charge in [0.25, 0.3) is 5.69 Å². The third-order valence-electron chi connectivity index (χ3n) is 2.00. The van der Waals surface area contributed by atoms with E-state index in [1.807, 2.05) is 0 Å². The molecule has 0 bridgehead atoms. The first-order valence-electron chi connectivity index (χ1n) is 4.33. The standard InChI is InChI=1S/C8H8N2O7/c11-6-1-4(8(13)3-9(14)15)5(10(16)17)2-7(6)12/h1-2,8,11-13H,3H2. The van der Waals surface area contributed by atoms with E-state index in [2.05, 4.69) is 0 Å². The van der Waals surface area contributed by atoms with Crippen LogP contribution in [0.15, 0.2) is 12.1 Å². The van der Waals surface area contributed by atoms with Crippen molar-refractivity contribution < 1.29 is 25.2 Å². The molecular formula is C8H8N2O7. The van der Waals surface area contributed by atoms with Gasteiger partial charge in [-0.1, -0.05) is 0 Å². The summed E-state index contributed by atoms with van der Waals surface area (Å²) >= 11 is 0. The van der Waals surface area contributed by atoms with Crippen molar-refractivity contribution in [3.63, 3.8) is 0 Å². The molecule has 0 aliphatic rings. The molecule has 3 N–H and O–H groups in total. The Morgan fingerprint density at radius 2 is 1.71 bits per heavy atom. The number of aliphatic hydroxyl groups excluding tert-OH is 1. The number of benzene rings is 1. The summed E-state index contributed by atoms with van der Waals surface area (Å²) in [5.74, 6) is -1.44. The SMILES string of the molecule is O=[N+]([O-])CC(O)c1cc(O)c(O)cc1[N+](=O)[O-]. The Balaban J connectivity index is 3.25. The van der Waals surface area contributed by atoms with E-state index in [4.69, 9.17) is 10.2 Å². The minimum absolute atomic E-state index is 0.429. The first-order valence-corrected chi connectivity index (χ1v) is 4.33. The van der Waals surface area contributed by atoms with Crippen molar-refractivity contribution in [2.24, 2.45) is 0 Å². The van der Waals surface area contributed by atoms with Crippen molar-refractivity contribution in [2.75, 3.05) is 6.54 Å². The number of hydrogen-bond donors (Lipinski definition) is 3. The van der Waals surface area contributed by atoms with Gasteiger partial charge in [0.15, 0.2) is 17.6 Å². The van der Waals surface area contributed by atoms with Crippen LogP contribution in [0.25, 0.3) is 0 Å². The second kappa shape index (κ2) is 4.61. The fourth-order valence-corrected chi connectivity index (χ4v) is 1.25. The molecule has 9 nitrogen and oxygen atoms in total. The average molecular weight is 244 g/mol. The molecule has 0 fully saturated rings. The summed E-state index contributed by atoms with van der Waals surface area (Å²) in [5, 5.41) is 48.4. The predicted molar refractivity (Wildman–Crippen MR) is 53.2 cm³/mol. The first-order chi connectivity index (χ1) is 7.82. The molecule has 1 rings (SSSR count). The molecule has 92 valence electrons. The number of phenolic OH excluding ortho intramolecular Hbond substituents is 2. The Morgan fingerprint density at radius 1 is 1.18 bits per heavy atom. The van der Waals surface area contributed by atoms with E-state index in [9.17, 15) is 25.3 Å². The molecule has 0 heterocycles. The van der Waals surface area contributed by atoms with E-state index in [0.717, 1.165) is 6.07 Å². The second-order valence-electron chi connectivity index (χ2n) is 3.19. The van der Waals surface area contributed by atoms with Crippen LogP contribution < -0.4 is 0 Å². The van der Waals surface area contributed by atoms with Crippen LogP contribution in [0.2, 0.25) is 0 Å². The third-order valence-corrected chi connectivity index (χ3v) is 2.00. The molecule has 0 radical (unpaired) electrons. The topological polar surface area (TPSA) is 147 Å². The highest BCUT2D eigenvalue weighted by Gasteiger charge is 2.26. The maximum Gasteiger partial charge on any atom is 0.279 e. The zero-order chi connectivity index (χ0) is 13.2. The number of aliphatic hydroxyl groups is 1. The van der Waals surface area contributed by atoms with E-state index < -0.39 is 45.2 Å². The highest BCUT2D eigenvalue weighted by molar-refractivity contribution is 5.53. The van der Waals surface area contributed by atoms with Crippen LogP contribution in [0.3, 0.4) is 0 Å². The molecule has 0 aliphatic heterocycles. The van der Waals surface area contributed by atoms with E-state index >= 15 is 0 Å². The summed E-state index contributed by atoms with van der Waals surface area (Å²) in [6.07, 6.45) is -1.74. The monoisotopic (exact) mass is 244 g/mol. The van der Waals surface area contributed by atoms with E-state index in [-0.39, 0.29) is 0 Å². The van der Waals surface area contributed by atoms with Gasteiger partial charge < -0.3 is 15.3 Å². The molecule has 1 aromatic carbocycles. The zero-order valence-electron chi connectivity index (χ0n) is 8.31. The number of aromatic hydroxyl groups is 2. The Kier molecular flexibility index (Phi) is 3.43. The fourth-order valence-electron chi connectivity index (χ4n) is 1.25. The van der Waals surface area contributed by atoms with Gasteiger partial charge >= 0.3 is 0 Å². The molecule has 1 aromatic rings. The smallest absolute Gasteiger partial charge is 0.279 e. The molecule has 1 atom stereocenters. The molecule has 1 unspecified atom stereocenters. The summed E-state index contributed by atoms with van der Waals surface area (Å²) < 4.78 is 0. The highest BCUT2D eigenvalue weighted by Crippen LogP contribution is 2.35. The summed E-state index contributed by atoms with van der Waals surface area (Å²) in [7, 11) is 0. The van der Waals surface area contributed by atoms with Gasteiger partial charge in [0, 0.05) is 4.92 Å². The lowest BCUT2D eigenvalue weighted by Crippen LogP contribution is -2.13. The summed E-state index contributed by atoms with van der Waals surface area (Å²) in [4.78, 5) is 19.0. The minimum Gasteiger partial charge on any atom is -0.504 e. The van der Waals surface area contributed by atoms with Gasteiger partial charge in [0.2, 0.25) is 6.54 Å². The van der Waals surface area contributed by atoms with Gasteiger partial charge in [0.05, 0.1) is 16.6 Å². The minimum atomic E-state index is -1.74. The van der Waals surface area contributed by atoms with Gasteiger partial charge in [-0.15, -0.1) is 0 Å². The maximum atomic E-state index is 10.6. The Morgan fingerprint density at radius 3 is 2.18 bits per heavy atom. The number of nitro groups is 2. The number of hydrogen-bond acceptors (Lipinski definition) is 7. The van der Waals surface area contributed by atoms with Crippen LogP contribution >= 0.6 is 0 Å². The van der Waals surface area contributed by atoms with Crippen LogP contribution in [-0.4, -0.2) is 31.7 Å². The zero-order valence-corrected chi connectivity index (χ0v) is 8.31. The van der Waals surface area contributed by atoms with E-state index in [1.165, 1.54) is 0 Å². The number of rotatable bonds is 4. The average Bonchev–Trinajstić information content (AvgIpc) is 2.19. The van der Waals surface area contributed by atoms with Gasteiger partial charge in [0.1, 0.15) is 0 Å². The van der Waals surface area contributed by atoms with Crippen molar-refractivity contribution in [1.29, 1.82) is 0 Å². The first kappa shape index (κ1) is 12.6. The number of nitrogens with zero attached hydrogens (tertiary/aromatic N) is 2. The van der Waals surface area contributed by atoms with Crippen molar-refractivity contribution >= 4 is 5.69 Å². The predicted octanol–water partition coefficient (Wildman–Crippen LogP) is 0.316. The van der Waals surface area contributed by atoms with Crippen LogP contribution in [0.1, 0.15) is 11.7 Å². The maximum absolute atomic E-state index is 10.6. The van der Waals surface area contributed by atoms with Crippen LogP contribution in [0.5, 0.6) is 11.5 Å². The van der Waals surface area contributed by atoms with Gasteiger partial charge in [-0.05, 0) is 6.07 Å². The largest absolute Gasteiger partial charge is 0.504 e. The molecule has 0 spiro atoms. The molecule has 17 heavy (non-hydrogen) atoms. The molecule has 0 amide bonds. The third kappa shape index (κ3) is 2.78. The molecule has 0 saturated carbocycles. The quantitative estimate of drug-likeness (QED) is 0.392. The molecule has 0 aliphatic carbocycles. The van der Waals surface area contributed by atoms with Gasteiger partial charge in [-0.2, -0.15) is 0 Å². The lowest BCUT2D eigenvalue weighted by atomic mass is 10.1. The molecular weight excluding hydrogens is 236 g/mol. The molecule has 0 aromatic heterocycles. The lowest BCUT2D eigenvalue weighted by molar-refractivity contribution is -0.492. The Bertz CT molecular complexity index is 473. The number of phenols is 2. The fraction of sp³-hybridized carbons (Fsp3) is 0.250. The van der Waals surface area contributed by atoms with E-state index in [1.54, 1.807) is 0 Å². The lowest BCUT2D eigenvalue weighted by Gasteiger charge is -2.08. The summed E-state index contributed by atoms with van der Waals surface area (Å²) in [5.41, 5.74) is -1.13. The summed E-state index contributed by atoms with van der Waals surface area (Å²) in [6.45, 7) is -0.939. The van der Waals surface area contributed by atoms with Crippen LogP contribution in [-0.2, 0) is 0 Å². The van der Waals surface area contributed by atoms with Gasteiger partial charge in [-0.3, -0.25) is 20.2 Å². The Labute approximate surface area is 93.8 Å². The van der Waals surface area contributed by atoms with Crippen molar-refractivity contribution in [1.82, 2.24) is 0 Å². The van der Waals surface area contributed by atoms with Crippen LogP contribution in [0.4, 0.5) is 5.69 Å². The van der Waals surface area contributed by atoms with Crippen LogP contribution in [0, 0.1) is 20.2 Å². The highest BCUT2D eigenvalue weighted by atomic mass is 16.6. The number of nitro benzene ring substituents is 1. The van der Waals surface area contributed by atoms with Crippen molar-refractivity contribution in [3.05, 3.63) is 37.9 Å². The van der Waals surface area contributed by atoms with Gasteiger partial charge in [-0.25, -0.2) is 0 Å². The van der Waals surface area contributed by atoms with Crippen molar-refractivity contribution in [2.45, 2.75) is 6.10 Å². The normalized spacial score (nSPS) is 12.1. The summed E-state index contributed by atoms with van der Waals surface area (Å²) in [6, 6.07) is 1.34. The second-order valence-corrected chi connectivity index (χ2v) is 3.19. The molecule has 0 saturated heterocycles. The van der Waals surface area contributed by atoms with E-state index in [0.29, 0.717) is 6.07 Å². The Hall–Kier alpha value is -2.42. The molecule has 9 heteroatoms. The van der Waals surface area contributed by atoms with Crippen molar-refractivity contribution in [3.8, 4) is 11.5 Å².